The summed E-state index contributed by atoms with van der Waals surface area (Å²) in [5.41, 5.74) is 3.69. The summed E-state index contributed by atoms with van der Waals surface area (Å²) in [5, 5.41) is 0. The van der Waals surface area contributed by atoms with Crippen molar-refractivity contribution in [2.24, 2.45) is 11.8 Å². The molecule has 1 unspecified atom stereocenters. The lowest BCUT2D eigenvalue weighted by Gasteiger charge is -2.60. The molecule has 1 aromatic heterocycles. The van der Waals surface area contributed by atoms with Gasteiger partial charge in [0.1, 0.15) is 6.10 Å². The Balaban J connectivity index is 1.25. The average Bonchev–Trinajstić information content (AvgIpc) is 3.40. The summed E-state index contributed by atoms with van der Waals surface area (Å²) in [4.78, 5) is 18.0. The molecule has 7 rings (SSSR count). The molecule has 2 aromatic rings. The number of hydrogen-bond donors (Lipinski definition) is 0. The predicted octanol–water partition coefficient (Wildman–Crippen LogP) is 4.28. The van der Waals surface area contributed by atoms with E-state index in [1.807, 2.05) is 24.1 Å². The molecular formula is C29H34N2O4. The fraction of sp³-hybridized carbons (Fsp3) is 0.552. The Labute approximate surface area is 206 Å². The molecule has 2 bridgehead atoms. The van der Waals surface area contributed by atoms with Gasteiger partial charge in [0.15, 0.2) is 11.5 Å². The number of carbonyl (C=O) groups excluding carboxylic acids is 1. The van der Waals surface area contributed by atoms with Crippen LogP contribution in [0.25, 0.3) is 6.08 Å². The molecule has 1 saturated heterocycles. The number of carbonyl (C=O) groups is 1. The summed E-state index contributed by atoms with van der Waals surface area (Å²) in [6, 6.07) is 6.83. The molecule has 6 heteroatoms. The molecule has 1 amide bonds. The fourth-order valence-electron chi connectivity index (χ4n) is 7.82. The highest BCUT2D eigenvalue weighted by molar-refractivity contribution is 5.91. The van der Waals surface area contributed by atoms with Gasteiger partial charge < -0.3 is 18.8 Å². The minimum atomic E-state index is -0.0338. The van der Waals surface area contributed by atoms with Crippen LogP contribution in [-0.4, -0.2) is 61.1 Å². The van der Waals surface area contributed by atoms with E-state index >= 15 is 0 Å². The molecule has 6 nitrogen and oxygen atoms in total. The number of amides is 1. The number of hydrogen-bond acceptors (Lipinski definition) is 5. The van der Waals surface area contributed by atoms with E-state index in [0.29, 0.717) is 12.0 Å². The molecule has 2 aliphatic heterocycles. The molecule has 0 radical (unpaired) electrons. The summed E-state index contributed by atoms with van der Waals surface area (Å²) in [5.74, 6) is 3.25. The molecule has 184 valence electrons. The second-order valence-electron chi connectivity index (χ2n) is 11.3. The van der Waals surface area contributed by atoms with Crippen LogP contribution in [0.5, 0.6) is 11.5 Å². The van der Waals surface area contributed by atoms with E-state index in [4.69, 9.17) is 13.9 Å². The van der Waals surface area contributed by atoms with Gasteiger partial charge in [0.25, 0.3) is 0 Å². The fourth-order valence-corrected chi connectivity index (χ4v) is 7.82. The third-order valence-electron chi connectivity index (χ3n) is 9.60. The Kier molecular flexibility index (Phi) is 4.86. The minimum absolute atomic E-state index is 0.0105. The van der Waals surface area contributed by atoms with Crippen LogP contribution in [0.15, 0.2) is 41.2 Å². The van der Waals surface area contributed by atoms with Crippen LogP contribution in [0.3, 0.4) is 0 Å². The quantitative estimate of drug-likeness (QED) is 0.585. The van der Waals surface area contributed by atoms with Crippen LogP contribution in [0.2, 0.25) is 0 Å². The first-order valence-electron chi connectivity index (χ1n) is 13.2. The molecule has 35 heavy (non-hydrogen) atoms. The monoisotopic (exact) mass is 474 g/mol. The number of likely N-dealkylation sites (N-methyl/N-ethyl adjacent to an activating group) is 1. The highest BCUT2D eigenvalue weighted by Crippen LogP contribution is 2.64. The van der Waals surface area contributed by atoms with E-state index in [9.17, 15) is 4.79 Å². The average molecular weight is 475 g/mol. The van der Waals surface area contributed by atoms with Crippen molar-refractivity contribution in [1.82, 2.24) is 9.80 Å². The van der Waals surface area contributed by atoms with Gasteiger partial charge in [0, 0.05) is 42.3 Å². The van der Waals surface area contributed by atoms with E-state index in [-0.39, 0.29) is 23.5 Å². The molecule has 5 atom stereocenters. The Morgan fingerprint density at radius 1 is 1.26 bits per heavy atom. The third kappa shape index (κ3) is 3.15. The molecule has 1 aromatic carbocycles. The van der Waals surface area contributed by atoms with E-state index in [1.165, 1.54) is 30.5 Å². The molecule has 3 fully saturated rings. The van der Waals surface area contributed by atoms with Gasteiger partial charge in [-0.2, -0.15) is 0 Å². The normalized spacial score (nSPS) is 32.9. The Morgan fingerprint density at radius 3 is 2.91 bits per heavy atom. The van der Waals surface area contributed by atoms with Crippen molar-refractivity contribution in [3.8, 4) is 11.5 Å². The molecule has 1 spiro atoms. The summed E-state index contributed by atoms with van der Waals surface area (Å²) in [6.07, 6.45) is 13.8. The Bertz CT molecular complexity index is 1170. The maximum absolute atomic E-state index is 13.3. The summed E-state index contributed by atoms with van der Waals surface area (Å²) < 4.78 is 17.8. The van der Waals surface area contributed by atoms with Crippen molar-refractivity contribution in [2.75, 3.05) is 27.2 Å². The van der Waals surface area contributed by atoms with Crippen molar-refractivity contribution in [3.05, 3.63) is 53.5 Å². The first kappa shape index (κ1) is 21.5. The Morgan fingerprint density at radius 2 is 2.14 bits per heavy atom. The number of nitrogens with zero attached hydrogens (tertiary/aromatic N) is 2. The van der Waals surface area contributed by atoms with Crippen LogP contribution < -0.4 is 9.47 Å². The van der Waals surface area contributed by atoms with E-state index < -0.39 is 0 Å². The summed E-state index contributed by atoms with van der Waals surface area (Å²) >= 11 is 0. The second kappa shape index (κ2) is 7.89. The second-order valence-corrected chi connectivity index (χ2v) is 11.3. The van der Waals surface area contributed by atoms with Gasteiger partial charge in [-0.3, -0.25) is 9.69 Å². The van der Waals surface area contributed by atoms with Crippen molar-refractivity contribution in [1.29, 1.82) is 0 Å². The van der Waals surface area contributed by atoms with Gasteiger partial charge in [-0.05, 0) is 80.7 Å². The minimum Gasteiger partial charge on any atom is -0.493 e. The summed E-state index contributed by atoms with van der Waals surface area (Å²) in [7, 11) is 3.67. The van der Waals surface area contributed by atoms with Gasteiger partial charge in [-0.25, -0.2) is 0 Å². The maximum atomic E-state index is 13.3. The van der Waals surface area contributed by atoms with Crippen molar-refractivity contribution < 1.29 is 18.7 Å². The van der Waals surface area contributed by atoms with Gasteiger partial charge in [0.05, 0.1) is 25.7 Å². The topological polar surface area (TPSA) is 55.2 Å². The number of rotatable bonds is 6. The van der Waals surface area contributed by atoms with Crippen LogP contribution in [0, 0.1) is 11.8 Å². The highest BCUT2D eigenvalue weighted by Gasteiger charge is 2.66. The van der Waals surface area contributed by atoms with E-state index in [0.717, 1.165) is 55.2 Å². The molecule has 0 N–H and O–H groups in total. The number of furan rings is 1. The van der Waals surface area contributed by atoms with Gasteiger partial charge in [-0.15, -0.1) is 0 Å². The van der Waals surface area contributed by atoms with Crippen molar-refractivity contribution in [3.63, 3.8) is 0 Å². The van der Waals surface area contributed by atoms with E-state index in [1.54, 1.807) is 25.7 Å². The standard InChI is InChI=1S/C29H34N2O4/c1-30(25(32)10-5-19-11-14-34-17-19)22-8-7-21-23-15-20-6-9-24(33-2)27-26(20)29(21,28(22)35-27)12-13-31(23)16-18-3-4-18/h5-6,9-11,14,17-18,21-23,28H,3-4,7-8,12-13,15-16H2,1-2H3/b10-5+/t21?,22-,23-,28+,29+/m1/s1. The highest BCUT2D eigenvalue weighted by atomic mass is 16.5. The lowest BCUT2D eigenvalue weighted by molar-refractivity contribution is -0.135. The van der Waals surface area contributed by atoms with Crippen LogP contribution in [-0.2, 0) is 16.6 Å². The van der Waals surface area contributed by atoms with Crippen LogP contribution >= 0.6 is 0 Å². The molecule has 2 saturated carbocycles. The van der Waals surface area contributed by atoms with E-state index in [2.05, 4.69) is 17.0 Å². The smallest absolute Gasteiger partial charge is 0.246 e. The predicted molar refractivity (Wildman–Crippen MR) is 133 cm³/mol. The Hall–Kier alpha value is -2.73. The number of ether oxygens (including phenoxy) is 2. The maximum Gasteiger partial charge on any atom is 0.246 e. The number of methoxy groups -OCH3 is 1. The zero-order chi connectivity index (χ0) is 23.7. The number of piperidine rings is 1. The molecule has 5 aliphatic rings. The third-order valence-corrected chi connectivity index (χ3v) is 9.60. The lowest BCUT2D eigenvalue weighted by Crippen LogP contribution is -2.69. The van der Waals surface area contributed by atoms with Gasteiger partial charge in [-0.1, -0.05) is 6.07 Å². The number of likely N-dealkylation sites (tertiary alicyclic amines) is 1. The zero-order valence-corrected chi connectivity index (χ0v) is 20.6. The molecule has 3 heterocycles. The van der Waals surface area contributed by atoms with Crippen LogP contribution in [0.1, 0.15) is 48.8 Å². The number of benzene rings is 1. The van der Waals surface area contributed by atoms with Gasteiger partial charge in [0.2, 0.25) is 5.91 Å². The van der Waals surface area contributed by atoms with Gasteiger partial charge >= 0.3 is 0 Å². The van der Waals surface area contributed by atoms with Crippen LogP contribution in [0.4, 0.5) is 0 Å². The largest absolute Gasteiger partial charge is 0.493 e. The first-order chi connectivity index (χ1) is 17.1. The van der Waals surface area contributed by atoms with Crippen molar-refractivity contribution in [2.45, 2.75) is 62.1 Å². The molecular weight excluding hydrogens is 440 g/mol. The zero-order valence-electron chi connectivity index (χ0n) is 20.6. The molecule has 3 aliphatic carbocycles. The summed E-state index contributed by atoms with van der Waals surface area (Å²) in [6.45, 7) is 2.38. The first-order valence-corrected chi connectivity index (χ1v) is 13.2. The SMILES string of the molecule is COc1ccc2c3c1O[C@H]1[C@H](N(C)C(=O)/C=C/c4ccoc4)CCC4[C@@H](C2)N(CC2CC2)CC[C@@]341. The lowest BCUT2D eigenvalue weighted by atomic mass is 9.51. The van der Waals surface area contributed by atoms with Crippen molar-refractivity contribution >= 4 is 12.0 Å².